The molecule has 0 aromatic carbocycles. The molecule has 1 aliphatic heterocycles. The van der Waals surface area contributed by atoms with Crippen LogP contribution in [0.4, 0.5) is 0 Å². The summed E-state index contributed by atoms with van der Waals surface area (Å²) in [5.74, 6) is -1.16. The van der Waals surface area contributed by atoms with Gasteiger partial charge in [-0.15, -0.1) is 0 Å². The van der Waals surface area contributed by atoms with E-state index in [1.807, 2.05) is 62.3 Å². The van der Waals surface area contributed by atoms with Crippen LogP contribution in [0, 0.1) is 0 Å². The molecule has 364 valence electrons. The fourth-order valence-electron chi connectivity index (χ4n) is 4.91. The van der Waals surface area contributed by atoms with E-state index in [0.29, 0.717) is 58.8 Å². The van der Waals surface area contributed by atoms with Gasteiger partial charge in [0, 0.05) is 52.5 Å². The zero-order chi connectivity index (χ0) is 46.9. The van der Waals surface area contributed by atoms with Crippen molar-refractivity contribution in [2.45, 2.75) is 125 Å². The Balaban J connectivity index is -0.000000157. The zero-order valence-electron chi connectivity index (χ0n) is 38.8. The molecule has 1 rings (SSSR count). The monoisotopic (exact) mass is 895 g/mol. The molecule has 1 heterocycles. The average Bonchev–Trinajstić information content (AvgIpc) is 3.44. The molecular weight excluding hydrogens is 813 g/mol. The average molecular weight is 895 g/mol. The lowest BCUT2D eigenvalue weighted by molar-refractivity contribution is -0.137. The maximum Gasteiger partial charge on any atom is 0.246 e. The molecule has 0 aliphatic carbocycles. The predicted molar refractivity (Wildman–Crippen MR) is 239 cm³/mol. The number of rotatable bonds is 26. The number of hydrogen-bond acceptors (Lipinski definition) is 16. The summed E-state index contributed by atoms with van der Waals surface area (Å²) in [5, 5.41) is 25.1. The van der Waals surface area contributed by atoms with Crippen LogP contribution in [0.2, 0.25) is 0 Å². The molecule has 5 atom stereocenters. The zero-order valence-corrected chi connectivity index (χ0v) is 38.8. The number of nitrogens with one attached hydrogen (secondary N) is 9. The molecular formula is C39H82N12O11. The van der Waals surface area contributed by atoms with Gasteiger partial charge in [0.1, 0.15) is 18.9 Å². The van der Waals surface area contributed by atoms with Crippen LogP contribution in [0.25, 0.3) is 0 Å². The SMILES string of the molecule is CCNC(=O)C(CC(N)=O)NCC.CCNC(=O)C(CC=O)NCC.CCNC(=O)C(CC=O)NCC.CCNC(=O)CC(C=O)NCC.CCNC1CC(=O)N(C)C1=O.N.O. The summed E-state index contributed by atoms with van der Waals surface area (Å²) in [6, 6.07) is -1.86. The smallest absolute Gasteiger partial charge is 0.246 e. The summed E-state index contributed by atoms with van der Waals surface area (Å²) in [7, 11) is 1.52. The highest BCUT2D eigenvalue weighted by Gasteiger charge is 2.35. The summed E-state index contributed by atoms with van der Waals surface area (Å²) < 4.78 is 0. The van der Waals surface area contributed by atoms with Crippen LogP contribution < -0.4 is 59.7 Å². The summed E-state index contributed by atoms with van der Waals surface area (Å²) in [4.78, 5) is 109. The van der Waals surface area contributed by atoms with Gasteiger partial charge in [-0.2, -0.15) is 0 Å². The summed E-state index contributed by atoms with van der Waals surface area (Å²) >= 11 is 0. The van der Waals surface area contributed by atoms with Gasteiger partial charge in [-0.25, -0.2) is 0 Å². The van der Waals surface area contributed by atoms with E-state index in [4.69, 9.17) is 5.73 Å². The van der Waals surface area contributed by atoms with Gasteiger partial charge in [0.25, 0.3) is 0 Å². The van der Waals surface area contributed by atoms with Gasteiger partial charge in [0.05, 0.1) is 43.1 Å². The Morgan fingerprint density at radius 1 is 0.613 bits per heavy atom. The van der Waals surface area contributed by atoms with Crippen molar-refractivity contribution >= 4 is 60.2 Å². The second kappa shape index (κ2) is 47.3. The fraction of sp³-hybridized carbons (Fsp3) is 0.744. The van der Waals surface area contributed by atoms with E-state index >= 15 is 0 Å². The minimum atomic E-state index is -0.498. The number of carbonyl (C=O) groups excluding carboxylic acids is 10. The van der Waals surface area contributed by atoms with Gasteiger partial charge >= 0.3 is 0 Å². The second-order valence-electron chi connectivity index (χ2n) is 12.6. The molecule has 5 unspecified atom stereocenters. The lowest BCUT2D eigenvalue weighted by atomic mass is 10.2. The van der Waals surface area contributed by atoms with Crippen LogP contribution in [0.15, 0.2) is 0 Å². The Hall–Kier alpha value is -4.78. The van der Waals surface area contributed by atoms with E-state index in [1.165, 1.54) is 11.9 Å². The number of likely N-dealkylation sites (tertiary alicyclic amines) is 1. The first kappa shape index (κ1) is 68.9. The van der Waals surface area contributed by atoms with Crippen LogP contribution in [0.1, 0.15) is 94.4 Å². The van der Waals surface area contributed by atoms with Crippen LogP contribution in [0.3, 0.4) is 0 Å². The van der Waals surface area contributed by atoms with E-state index in [1.54, 1.807) is 0 Å². The van der Waals surface area contributed by atoms with E-state index in [2.05, 4.69) is 47.9 Å². The van der Waals surface area contributed by atoms with Crippen molar-refractivity contribution in [2.75, 3.05) is 66.0 Å². The minimum absolute atomic E-state index is 0. The van der Waals surface area contributed by atoms with Gasteiger partial charge in [-0.3, -0.25) is 38.5 Å². The van der Waals surface area contributed by atoms with Gasteiger partial charge in [0.15, 0.2) is 0 Å². The van der Waals surface area contributed by atoms with Crippen molar-refractivity contribution in [1.29, 1.82) is 0 Å². The summed E-state index contributed by atoms with van der Waals surface area (Å²) in [6.45, 7) is 22.6. The van der Waals surface area contributed by atoms with Crippen LogP contribution >= 0.6 is 0 Å². The molecule has 1 fully saturated rings. The maximum absolute atomic E-state index is 11.3. The lowest BCUT2D eigenvalue weighted by Crippen LogP contribution is -2.46. The van der Waals surface area contributed by atoms with Crippen molar-refractivity contribution < 1.29 is 53.4 Å². The van der Waals surface area contributed by atoms with Crippen molar-refractivity contribution in [2.24, 2.45) is 5.73 Å². The Bertz CT molecular complexity index is 1210. The quantitative estimate of drug-likeness (QED) is 0.0300. The van der Waals surface area contributed by atoms with Crippen molar-refractivity contribution in [3.8, 4) is 0 Å². The Morgan fingerprint density at radius 3 is 1.29 bits per heavy atom. The third-order valence-electron chi connectivity index (χ3n) is 7.67. The highest BCUT2D eigenvalue weighted by atomic mass is 16.2. The molecule has 0 radical (unpaired) electrons. The molecule has 62 heavy (non-hydrogen) atoms. The fourth-order valence-corrected chi connectivity index (χ4v) is 4.91. The van der Waals surface area contributed by atoms with Gasteiger partial charge < -0.3 is 79.6 Å². The topological polar surface area (TPSA) is 375 Å². The standard InChI is InChI=1S/C8H17N3O2.3C8H16N2O2.C7H12N2O2.H3N.H2O/c1-3-10-6(5-7(9)12)8(13)11-4-2;1-3-9-7(6-11)5-8(12)10-4-2;2*1-3-9-7(5-6-11)8(12)10-4-2;1-3-8-5-4-6(10)9(2)7(5)11;;/h6,10H,3-5H2,1-2H3,(H2,9,12)(H,11,13);3*6-7,9H,3-5H2,1-2H3,(H,10,12);5,8H,3-4H2,1-2H3;1H3;1H2. The number of carbonyl (C=O) groups is 10. The Morgan fingerprint density at radius 2 is 1.00 bits per heavy atom. The molecule has 0 spiro atoms. The lowest BCUT2D eigenvalue weighted by Gasteiger charge is -2.14. The number of nitrogens with two attached hydrogens (primary N) is 1. The van der Waals surface area contributed by atoms with Gasteiger partial charge in [-0.05, 0) is 60.4 Å². The first-order valence-corrected chi connectivity index (χ1v) is 20.7. The number of imide groups is 1. The minimum Gasteiger partial charge on any atom is -0.412 e. The number of amides is 7. The van der Waals surface area contributed by atoms with Gasteiger partial charge in [-0.1, -0.05) is 34.6 Å². The van der Waals surface area contributed by atoms with Crippen LogP contribution in [-0.4, -0.2) is 167 Å². The molecule has 0 aromatic heterocycles. The Kier molecular flexibility index (Phi) is 52.6. The molecule has 1 saturated heterocycles. The molecule has 16 N–H and O–H groups in total. The number of likely N-dealkylation sites (N-methyl/N-ethyl adjacent to an activating group) is 9. The first-order chi connectivity index (χ1) is 28.5. The molecule has 23 heteroatoms. The summed E-state index contributed by atoms with van der Waals surface area (Å²) in [5.41, 5.74) is 5.00. The second-order valence-corrected chi connectivity index (χ2v) is 12.6. The molecule has 0 aromatic rings. The normalized spacial score (nSPS) is 14.0. The van der Waals surface area contributed by atoms with Crippen molar-refractivity contribution in [3.63, 3.8) is 0 Å². The van der Waals surface area contributed by atoms with E-state index in [-0.39, 0.29) is 96.9 Å². The van der Waals surface area contributed by atoms with Crippen LogP contribution in [-0.2, 0) is 47.9 Å². The number of aldehydes is 3. The largest absolute Gasteiger partial charge is 0.412 e. The third kappa shape index (κ3) is 37.0. The molecule has 23 nitrogen and oxygen atoms in total. The third-order valence-corrected chi connectivity index (χ3v) is 7.67. The van der Waals surface area contributed by atoms with Crippen molar-refractivity contribution in [3.05, 3.63) is 0 Å². The summed E-state index contributed by atoms with van der Waals surface area (Å²) in [6.07, 6.45) is 3.32. The molecule has 0 bridgehead atoms. The van der Waals surface area contributed by atoms with Crippen molar-refractivity contribution in [1.82, 2.24) is 58.9 Å². The van der Waals surface area contributed by atoms with E-state index < -0.39 is 11.9 Å². The van der Waals surface area contributed by atoms with E-state index in [9.17, 15) is 47.9 Å². The van der Waals surface area contributed by atoms with Crippen LogP contribution in [0.5, 0.6) is 0 Å². The number of hydrogen-bond donors (Lipinski definition) is 11. The highest BCUT2D eigenvalue weighted by Crippen LogP contribution is 2.09. The van der Waals surface area contributed by atoms with E-state index in [0.717, 1.165) is 25.4 Å². The van der Waals surface area contributed by atoms with Gasteiger partial charge in [0.2, 0.25) is 41.4 Å². The number of nitrogens with zero attached hydrogens (tertiary/aromatic N) is 1. The molecule has 7 amide bonds. The first-order valence-electron chi connectivity index (χ1n) is 20.7. The highest BCUT2D eigenvalue weighted by molar-refractivity contribution is 6.05. The number of primary amides is 1. The molecule has 0 saturated carbocycles. The molecule has 1 aliphatic rings. The predicted octanol–water partition coefficient (Wildman–Crippen LogP) is -3.26. The maximum atomic E-state index is 11.3. The Labute approximate surface area is 368 Å².